The van der Waals surface area contributed by atoms with Gasteiger partial charge < -0.3 is 0 Å². The van der Waals surface area contributed by atoms with E-state index in [1.165, 1.54) is 4.88 Å². The molecule has 15 heavy (non-hydrogen) atoms. The molecule has 0 unspecified atom stereocenters. The van der Waals surface area contributed by atoms with Gasteiger partial charge in [-0.3, -0.25) is 4.90 Å². The highest BCUT2D eigenvalue weighted by atomic mass is 79.9. The first-order chi connectivity index (χ1) is 7.13. The SMILES string of the molecule is CN(Cc1cc(Br)cs1)CC1(C#N)CC1. The van der Waals surface area contributed by atoms with Gasteiger partial charge in [-0.05, 0) is 41.9 Å². The number of halogens is 1. The van der Waals surface area contributed by atoms with Crippen molar-refractivity contribution in [1.82, 2.24) is 4.90 Å². The highest BCUT2D eigenvalue weighted by molar-refractivity contribution is 9.10. The first-order valence-electron chi connectivity index (χ1n) is 4.96. The first kappa shape index (κ1) is 11.1. The van der Waals surface area contributed by atoms with Gasteiger partial charge in [-0.25, -0.2) is 0 Å². The third-order valence-electron chi connectivity index (χ3n) is 2.71. The Hall–Kier alpha value is -0.370. The summed E-state index contributed by atoms with van der Waals surface area (Å²) in [6, 6.07) is 4.57. The second-order valence-corrected chi connectivity index (χ2v) is 6.21. The summed E-state index contributed by atoms with van der Waals surface area (Å²) in [5.41, 5.74) is -0.0246. The second-order valence-electron chi connectivity index (χ2n) is 4.30. The van der Waals surface area contributed by atoms with Crippen LogP contribution in [0.1, 0.15) is 17.7 Å². The van der Waals surface area contributed by atoms with Crippen LogP contribution in [0.15, 0.2) is 15.9 Å². The Morgan fingerprint density at radius 1 is 1.67 bits per heavy atom. The third-order valence-corrected chi connectivity index (χ3v) is 4.39. The van der Waals surface area contributed by atoms with Crippen molar-refractivity contribution in [3.63, 3.8) is 0 Å². The normalized spacial score (nSPS) is 17.7. The Morgan fingerprint density at radius 2 is 2.40 bits per heavy atom. The quantitative estimate of drug-likeness (QED) is 0.849. The van der Waals surface area contributed by atoms with E-state index in [1.54, 1.807) is 11.3 Å². The molecule has 2 nitrogen and oxygen atoms in total. The van der Waals surface area contributed by atoms with Crippen LogP contribution < -0.4 is 0 Å². The van der Waals surface area contributed by atoms with Crippen LogP contribution in [0.2, 0.25) is 0 Å². The molecule has 0 aliphatic heterocycles. The molecule has 2 rings (SSSR count). The zero-order valence-corrected chi connectivity index (χ0v) is 11.1. The summed E-state index contributed by atoms with van der Waals surface area (Å²) in [6.07, 6.45) is 2.14. The summed E-state index contributed by atoms with van der Waals surface area (Å²) in [7, 11) is 2.09. The summed E-state index contributed by atoms with van der Waals surface area (Å²) >= 11 is 5.21. The molecule has 0 bridgehead atoms. The Morgan fingerprint density at radius 3 is 2.87 bits per heavy atom. The molecular formula is C11H13BrN2S. The lowest BCUT2D eigenvalue weighted by Crippen LogP contribution is -2.25. The van der Waals surface area contributed by atoms with Gasteiger partial charge in [0.15, 0.2) is 0 Å². The Labute approximate surface area is 103 Å². The highest BCUT2D eigenvalue weighted by Crippen LogP contribution is 2.45. The van der Waals surface area contributed by atoms with Gasteiger partial charge in [0.1, 0.15) is 0 Å². The second kappa shape index (κ2) is 4.25. The highest BCUT2D eigenvalue weighted by Gasteiger charge is 2.43. The maximum atomic E-state index is 8.99. The summed E-state index contributed by atoms with van der Waals surface area (Å²) in [5, 5.41) is 11.1. The van der Waals surface area contributed by atoms with Crippen molar-refractivity contribution >= 4 is 27.3 Å². The molecule has 1 fully saturated rings. The van der Waals surface area contributed by atoms with E-state index in [1.807, 2.05) is 0 Å². The van der Waals surface area contributed by atoms with E-state index in [0.717, 1.165) is 30.4 Å². The van der Waals surface area contributed by atoms with Crippen molar-refractivity contribution in [2.75, 3.05) is 13.6 Å². The van der Waals surface area contributed by atoms with Gasteiger partial charge in [-0.15, -0.1) is 11.3 Å². The molecule has 4 heteroatoms. The van der Waals surface area contributed by atoms with Crippen LogP contribution in [0.25, 0.3) is 0 Å². The van der Waals surface area contributed by atoms with Gasteiger partial charge in [-0.2, -0.15) is 5.26 Å². The molecule has 1 aromatic heterocycles. The van der Waals surface area contributed by atoms with Crippen LogP contribution in [-0.2, 0) is 6.54 Å². The lowest BCUT2D eigenvalue weighted by atomic mass is 10.1. The van der Waals surface area contributed by atoms with Gasteiger partial charge in [0.2, 0.25) is 0 Å². The smallest absolute Gasteiger partial charge is 0.0703 e. The molecule has 1 saturated carbocycles. The Kier molecular flexibility index (Phi) is 3.15. The summed E-state index contributed by atoms with van der Waals surface area (Å²) < 4.78 is 1.15. The van der Waals surface area contributed by atoms with Crippen molar-refractivity contribution in [1.29, 1.82) is 5.26 Å². The fourth-order valence-electron chi connectivity index (χ4n) is 1.73. The topological polar surface area (TPSA) is 27.0 Å². The van der Waals surface area contributed by atoms with Crippen LogP contribution in [-0.4, -0.2) is 18.5 Å². The van der Waals surface area contributed by atoms with Crippen LogP contribution in [0, 0.1) is 16.7 Å². The van der Waals surface area contributed by atoms with Crippen molar-refractivity contribution in [3.8, 4) is 6.07 Å². The third kappa shape index (κ3) is 2.81. The van der Waals surface area contributed by atoms with Crippen LogP contribution in [0.5, 0.6) is 0 Å². The van der Waals surface area contributed by atoms with E-state index in [4.69, 9.17) is 5.26 Å². The van der Waals surface area contributed by atoms with E-state index in [-0.39, 0.29) is 5.41 Å². The van der Waals surface area contributed by atoms with Gasteiger partial charge >= 0.3 is 0 Å². The zero-order chi connectivity index (χ0) is 10.9. The summed E-state index contributed by atoms with van der Waals surface area (Å²) in [5.74, 6) is 0. The Balaban J connectivity index is 1.88. The monoisotopic (exact) mass is 284 g/mol. The number of nitriles is 1. The lowest BCUT2D eigenvalue weighted by Gasteiger charge is -2.18. The molecule has 0 saturated heterocycles. The number of nitrogens with zero attached hydrogens (tertiary/aromatic N) is 2. The lowest BCUT2D eigenvalue weighted by molar-refractivity contribution is 0.289. The first-order valence-corrected chi connectivity index (χ1v) is 6.63. The van der Waals surface area contributed by atoms with Gasteiger partial charge in [0, 0.05) is 27.8 Å². The van der Waals surface area contributed by atoms with Gasteiger partial charge in [0.25, 0.3) is 0 Å². The minimum atomic E-state index is -0.0246. The summed E-state index contributed by atoms with van der Waals surface area (Å²) in [6.45, 7) is 1.85. The molecule has 1 aromatic rings. The van der Waals surface area contributed by atoms with E-state index in [0.29, 0.717) is 0 Å². The van der Waals surface area contributed by atoms with Crippen molar-refractivity contribution in [2.45, 2.75) is 19.4 Å². The molecule has 1 aliphatic carbocycles. The number of hydrogen-bond acceptors (Lipinski definition) is 3. The number of rotatable bonds is 4. The van der Waals surface area contributed by atoms with Crippen molar-refractivity contribution in [3.05, 3.63) is 20.8 Å². The minimum absolute atomic E-state index is 0.0246. The average molecular weight is 285 g/mol. The van der Waals surface area contributed by atoms with Crippen molar-refractivity contribution in [2.24, 2.45) is 5.41 Å². The number of thiophene rings is 1. The standard InChI is InChI=1S/C11H13BrN2S/c1-14(8-11(7-13)2-3-11)5-10-4-9(12)6-15-10/h4,6H,2-3,5,8H2,1H3. The summed E-state index contributed by atoms with van der Waals surface area (Å²) in [4.78, 5) is 3.59. The molecular weight excluding hydrogens is 272 g/mol. The van der Waals surface area contributed by atoms with Crippen LogP contribution >= 0.6 is 27.3 Å². The van der Waals surface area contributed by atoms with Crippen LogP contribution in [0.4, 0.5) is 0 Å². The molecule has 0 aromatic carbocycles. The Bertz CT molecular complexity index is 390. The van der Waals surface area contributed by atoms with E-state index in [2.05, 4.69) is 45.4 Å². The molecule has 80 valence electrons. The molecule has 0 radical (unpaired) electrons. The fraction of sp³-hybridized carbons (Fsp3) is 0.545. The molecule has 1 aliphatic rings. The van der Waals surface area contributed by atoms with Gasteiger partial charge in [0.05, 0.1) is 11.5 Å². The fourth-order valence-corrected chi connectivity index (χ4v) is 3.26. The average Bonchev–Trinajstić information content (AvgIpc) is 2.84. The largest absolute Gasteiger partial charge is 0.300 e. The number of hydrogen-bond donors (Lipinski definition) is 0. The maximum Gasteiger partial charge on any atom is 0.0703 e. The van der Waals surface area contributed by atoms with E-state index >= 15 is 0 Å². The molecule has 0 spiro atoms. The zero-order valence-electron chi connectivity index (χ0n) is 8.66. The predicted octanol–water partition coefficient (Wildman–Crippen LogP) is 3.25. The molecule has 0 atom stereocenters. The predicted molar refractivity (Wildman–Crippen MR) is 65.6 cm³/mol. The molecule has 0 amide bonds. The molecule has 0 N–H and O–H groups in total. The van der Waals surface area contributed by atoms with Crippen LogP contribution in [0.3, 0.4) is 0 Å². The van der Waals surface area contributed by atoms with Gasteiger partial charge in [-0.1, -0.05) is 0 Å². The molecule has 1 heterocycles. The maximum absolute atomic E-state index is 8.99. The van der Waals surface area contributed by atoms with E-state index < -0.39 is 0 Å². The van der Waals surface area contributed by atoms with E-state index in [9.17, 15) is 0 Å². The van der Waals surface area contributed by atoms with Crippen molar-refractivity contribution < 1.29 is 0 Å². The minimum Gasteiger partial charge on any atom is -0.300 e.